The summed E-state index contributed by atoms with van der Waals surface area (Å²) >= 11 is 0. The topological polar surface area (TPSA) is 84.6 Å². The highest BCUT2D eigenvalue weighted by Crippen LogP contribution is 2.28. The standard InChI is InChI=1S/C29H32N2O4/c1-28(2,3)35-27(33)31-29(4,19-32)17-16-20-10-15-25-24(18-20)30-26(34-25)23-13-11-22(12-14-23)21-8-6-5-7-9-21/h5-15,18,32H,16-17,19H2,1-4H3,(H,31,33). The van der Waals surface area contributed by atoms with Gasteiger partial charge in [-0.15, -0.1) is 0 Å². The van der Waals surface area contributed by atoms with E-state index in [4.69, 9.17) is 14.1 Å². The molecule has 6 heteroatoms. The number of hydrogen-bond acceptors (Lipinski definition) is 5. The molecule has 1 atom stereocenters. The van der Waals surface area contributed by atoms with E-state index < -0.39 is 17.2 Å². The molecule has 0 radical (unpaired) electrons. The molecule has 4 rings (SSSR count). The Morgan fingerprint density at radius 3 is 2.26 bits per heavy atom. The lowest BCUT2D eigenvalue weighted by Crippen LogP contribution is -2.50. The van der Waals surface area contributed by atoms with Crippen LogP contribution < -0.4 is 5.32 Å². The number of alkyl carbamates (subject to hydrolysis) is 1. The molecular weight excluding hydrogens is 440 g/mol. The van der Waals surface area contributed by atoms with Gasteiger partial charge in [-0.3, -0.25) is 0 Å². The van der Waals surface area contributed by atoms with Crippen LogP contribution in [-0.4, -0.2) is 33.9 Å². The van der Waals surface area contributed by atoms with Crippen LogP contribution in [0.5, 0.6) is 0 Å². The summed E-state index contributed by atoms with van der Waals surface area (Å²) in [6.07, 6.45) is 0.653. The van der Waals surface area contributed by atoms with Crippen LogP contribution in [0, 0.1) is 0 Å². The molecule has 1 amide bonds. The summed E-state index contributed by atoms with van der Waals surface area (Å²) in [5.74, 6) is 0.573. The second-order valence-corrected chi connectivity index (χ2v) is 10.1. The number of aliphatic hydroxyl groups excluding tert-OH is 1. The van der Waals surface area contributed by atoms with Crippen LogP contribution in [0.25, 0.3) is 33.7 Å². The van der Waals surface area contributed by atoms with Crippen LogP contribution in [0.2, 0.25) is 0 Å². The first-order chi connectivity index (χ1) is 16.6. The minimum Gasteiger partial charge on any atom is -0.444 e. The number of ether oxygens (including phenoxy) is 1. The number of hydrogen-bond donors (Lipinski definition) is 2. The van der Waals surface area contributed by atoms with Gasteiger partial charge in [0.1, 0.15) is 11.1 Å². The molecule has 6 nitrogen and oxygen atoms in total. The van der Waals surface area contributed by atoms with Crippen LogP contribution in [0.1, 0.15) is 39.7 Å². The third-order valence-corrected chi connectivity index (χ3v) is 5.81. The number of rotatable bonds is 7. The predicted molar refractivity (Wildman–Crippen MR) is 138 cm³/mol. The van der Waals surface area contributed by atoms with Gasteiger partial charge in [0.15, 0.2) is 5.58 Å². The molecule has 0 aliphatic carbocycles. The van der Waals surface area contributed by atoms with E-state index in [1.807, 2.05) is 76.2 Å². The zero-order chi connectivity index (χ0) is 25.1. The average Bonchev–Trinajstić information content (AvgIpc) is 3.26. The van der Waals surface area contributed by atoms with Crippen molar-refractivity contribution < 1.29 is 19.1 Å². The van der Waals surface area contributed by atoms with Crippen molar-refractivity contribution in [2.45, 2.75) is 51.7 Å². The lowest BCUT2D eigenvalue weighted by atomic mass is 9.94. The van der Waals surface area contributed by atoms with Gasteiger partial charge < -0.3 is 19.6 Å². The van der Waals surface area contributed by atoms with Crippen LogP contribution >= 0.6 is 0 Å². The van der Waals surface area contributed by atoms with E-state index in [0.717, 1.165) is 27.8 Å². The number of aliphatic hydroxyl groups is 1. The molecule has 0 saturated heterocycles. The van der Waals surface area contributed by atoms with Gasteiger partial charge in [0, 0.05) is 5.56 Å². The number of nitrogens with zero attached hydrogens (tertiary/aromatic N) is 1. The number of benzene rings is 3. The Morgan fingerprint density at radius 2 is 1.60 bits per heavy atom. The maximum absolute atomic E-state index is 12.2. The van der Waals surface area contributed by atoms with Crippen molar-refractivity contribution in [1.29, 1.82) is 0 Å². The molecule has 2 N–H and O–H groups in total. The molecule has 0 bridgehead atoms. The molecule has 4 aromatic rings. The largest absolute Gasteiger partial charge is 0.444 e. The predicted octanol–water partition coefficient (Wildman–Crippen LogP) is 6.37. The molecule has 0 aliphatic heterocycles. The first-order valence-corrected chi connectivity index (χ1v) is 11.8. The first kappa shape index (κ1) is 24.5. The van der Waals surface area contributed by atoms with Crippen molar-refractivity contribution in [3.05, 3.63) is 78.4 Å². The fourth-order valence-corrected chi connectivity index (χ4v) is 3.84. The molecule has 0 saturated carbocycles. The van der Waals surface area contributed by atoms with Gasteiger partial charge in [0.25, 0.3) is 0 Å². The number of oxazole rings is 1. The Morgan fingerprint density at radius 1 is 0.943 bits per heavy atom. The Labute approximate surface area is 206 Å². The molecule has 0 aliphatic rings. The number of carbonyl (C=O) groups excluding carboxylic acids is 1. The van der Waals surface area contributed by atoms with E-state index in [2.05, 4.69) is 29.6 Å². The summed E-state index contributed by atoms with van der Waals surface area (Å²) < 4.78 is 11.3. The Hall–Kier alpha value is -3.64. The zero-order valence-corrected chi connectivity index (χ0v) is 20.7. The highest BCUT2D eigenvalue weighted by atomic mass is 16.6. The maximum atomic E-state index is 12.2. The molecule has 1 unspecified atom stereocenters. The van der Waals surface area contributed by atoms with Gasteiger partial charge >= 0.3 is 6.09 Å². The quantitative estimate of drug-likeness (QED) is 0.326. The van der Waals surface area contributed by atoms with E-state index in [0.29, 0.717) is 24.3 Å². The van der Waals surface area contributed by atoms with Crippen molar-refractivity contribution in [1.82, 2.24) is 10.3 Å². The molecule has 3 aromatic carbocycles. The second-order valence-electron chi connectivity index (χ2n) is 10.1. The Bertz CT molecular complexity index is 1290. The van der Waals surface area contributed by atoms with Crippen molar-refractivity contribution >= 4 is 17.2 Å². The highest BCUT2D eigenvalue weighted by molar-refractivity contribution is 5.77. The molecular formula is C29H32N2O4. The van der Waals surface area contributed by atoms with Gasteiger partial charge in [-0.25, -0.2) is 9.78 Å². The van der Waals surface area contributed by atoms with E-state index in [1.54, 1.807) is 0 Å². The van der Waals surface area contributed by atoms with E-state index in [1.165, 1.54) is 0 Å². The number of carbonyl (C=O) groups is 1. The normalized spacial score (nSPS) is 13.4. The third kappa shape index (κ3) is 6.28. The van der Waals surface area contributed by atoms with Crippen molar-refractivity contribution in [3.63, 3.8) is 0 Å². The monoisotopic (exact) mass is 472 g/mol. The lowest BCUT2D eigenvalue weighted by Gasteiger charge is -2.30. The minimum atomic E-state index is -0.799. The van der Waals surface area contributed by atoms with Crippen molar-refractivity contribution in [3.8, 4) is 22.6 Å². The molecule has 0 spiro atoms. The smallest absolute Gasteiger partial charge is 0.408 e. The Kier molecular flexibility index (Phi) is 6.94. The Balaban J connectivity index is 1.45. The first-order valence-electron chi connectivity index (χ1n) is 11.8. The van der Waals surface area contributed by atoms with Gasteiger partial charge in [0.2, 0.25) is 5.89 Å². The zero-order valence-electron chi connectivity index (χ0n) is 20.7. The molecule has 0 fully saturated rings. The number of aryl methyl sites for hydroxylation is 1. The van der Waals surface area contributed by atoms with Crippen molar-refractivity contribution in [2.75, 3.05) is 6.61 Å². The van der Waals surface area contributed by atoms with Crippen molar-refractivity contribution in [2.24, 2.45) is 0 Å². The van der Waals surface area contributed by atoms with Gasteiger partial charge in [0.05, 0.1) is 12.1 Å². The van der Waals surface area contributed by atoms with Crippen LogP contribution in [0.4, 0.5) is 4.79 Å². The number of nitrogens with one attached hydrogen (secondary N) is 1. The SMILES string of the molecule is CC(CO)(CCc1ccc2oc(-c3ccc(-c4ccccc4)cc3)nc2c1)NC(=O)OC(C)(C)C. The molecule has 1 aromatic heterocycles. The van der Waals surface area contributed by atoms with Gasteiger partial charge in [-0.05, 0) is 81.5 Å². The summed E-state index contributed by atoms with van der Waals surface area (Å²) in [6, 6.07) is 24.3. The maximum Gasteiger partial charge on any atom is 0.408 e. The van der Waals surface area contributed by atoms with Crippen LogP contribution in [-0.2, 0) is 11.2 Å². The van der Waals surface area contributed by atoms with Crippen LogP contribution in [0.15, 0.2) is 77.2 Å². The summed E-state index contributed by atoms with van der Waals surface area (Å²) in [5.41, 5.74) is 4.35. The fourth-order valence-electron chi connectivity index (χ4n) is 3.84. The summed E-state index contributed by atoms with van der Waals surface area (Å²) in [6.45, 7) is 7.04. The van der Waals surface area contributed by atoms with E-state index in [-0.39, 0.29) is 6.61 Å². The van der Waals surface area contributed by atoms with E-state index >= 15 is 0 Å². The van der Waals surface area contributed by atoms with E-state index in [9.17, 15) is 9.90 Å². The highest BCUT2D eigenvalue weighted by Gasteiger charge is 2.28. The second kappa shape index (κ2) is 9.92. The molecule has 182 valence electrons. The summed E-state index contributed by atoms with van der Waals surface area (Å²) in [5, 5.41) is 12.7. The lowest BCUT2D eigenvalue weighted by molar-refractivity contribution is 0.0407. The minimum absolute atomic E-state index is 0.193. The molecule has 1 heterocycles. The number of aromatic nitrogens is 1. The summed E-state index contributed by atoms with van der Waals surface area (Å²) in [7, 11) is 0. The molecule has 35 heavy (non-hydrogen) atoms. The van der Waals surface area contributed by atoms with Crippen LogP contribution in [0.3, 0.4) is 0 Å². The average molecular weight is 473 g/mol. The number of amides is 1. The fraction of sp³-hybridized carbons (Fsp3) is 0.310. The summed E-state index contributed by atoms with van der Waals surface area (Å²) in [4.78, 5) is 16.9. The third-order valence-electron chi connectivity index (χ3n) is 5.81. The number of fused-ring (bicyclic) bond motifs is 1. The van der Waals surface area contributed by atoms with Gasteiger partial charge in [-0.2, -0.15) is 0 Å². The van der Waals surface area contributed by atoms with Gasteiger partial charge in [-0.1, -0.05) is 48.5 Å².